The van der Waals surface area contributed by atoms with Crippen LogP contribution >= 0.6 is 11.8 Å². The summed E-state index contributed by atoms with van der Waals surface area (Å²) in [5, 5.41) is 6.97. The molecule has 1 amide bonds. The van der Waals surface area contributed by atoms with Gasteiger partial charge in [-0.1, -0.05) is 6.92 Å². The fourth-order valence-electron chi connectivity index (χ4n) is 1.43. The van der Waals surface area contributed by atoms with E-state index in [-0.39, 0.29) is 11.9 Å². The first-order valence-electron chi connectivity index (χ1n) is 5.31. The SMILES string of the molecule is CC[C@@H](NC(=O)CCSC)c1ncnn1C. The summed E-state index contributed by atoms with van der Waals surface area (Å²) in [6.07, 6.45) is 4.87. The summed E-state index contributed by atoms with van der Waals surface area (Å²) >= 11 is 1.67. The van der Waals surface area contributed by atoms with Crippen molar-refractivity contribution in [1.29, 1.82) is 0 Å². The first kappa shape index (κ1) is 13.0. The molecule has 0 spiro atoms. The second kappa shape index (κ2) is 6.52. The number of nitrogens with one attached hydrogen (secondary N) is 1. The van der Waals surface area contributed by atoms with Gasteiger partial charge in [0.1, 0.15) is 12.2 Å². The van der Waals surface area contributed by atoms with Crippen molar-refractivity contribution in [3.63, 3.8) is 0 Å². The van der Waals surface area contributed by atoms with Gasteiger partial charge >= 0.3 is 0 Å². The van der Waals surface area contributed by atoms with E-state index in [0.29, 0.717) is 6.42 Å². The minimum Gasteiger partial charge on any atom is -0.346 e. The Morgan fingerprint density at radius 1 is 1.69 bits per heavy atom. The van der Waals surface area contributed by atoms with E-state index in [0.717, 1.165) is 18.0 Å². The van der Waals surface area contributed by atoms with Crippen LogP contribution in [0.5, 0.6) is 0 Å². The number of aryl methyl sites for hydroxylation is 1. The molecule has 0 aromatic carbocycles. The van der Waals surface area contributed by atoms with Gasteiger partial charge in [-0.2, -0.15) is 16.9 Å². The lowest BCUT2D eigenvalue weighted by atomic mass is 10.2. The second-order valence-corrected chi connectivity index (χ2v) is 4.50. The Balaban J connectivity index is 2.56. The van der Waals surface area contributed by atoms with Gasteiger partial charge in [0.15, 0.2) is 0 Å². The lowest BCUT2D eigenvalue weighted by molar-refractivity contribution is -0.121. The maximum atomic E-state index is 11.6. The molecule has 1 aromatic rings. The Morgan fingerprint density at radius 2 is 2.44 bits per heavy atom. The third-order valence-corrected chi connectivity index (χ3v) is 2.95. The van der Waals surface area contributed by atoms with E-state index in [1.54, 1.807) is 16.4 Å². The lowest BCUT2D eigenvalue weighted by Crippen LogP contribution is -2.30. The molecule has 90 valence electrons. The molecule has 0 aliphatic heterocycles. The van der Waals surface area contributed by atoms with E-state index < -0.39 is 0 Å². The number of carbonyl (C=O) groups is 1. The van der Waals surface area contributed by atoms with Crippen molar-refractivity contribution in [2.45, 2.75) is 25.8 Å². The number of aromatic nitrogens is 3. The van der Waals surface area contributed by atoms with Crippen LogP contribution in [0.25, 0.3) is 0 Å². The molecule has 0 bridgehead atoms. The van der Waals surface area contributed by atoms with Crippen LogP contribution in [-0.2, 0) is 11.8 Å². The standard InChI is InChI=1S/C10H18N4OS/c1-4-8(10-11-7-12-14(10)2)13-9(15)5-6-16-3/h7-8H,4-6H2,1-3H3,(H,13,15)/t8-/m1/s1. The van der Waals surface area contributed by atoms with Gasteiger partial charge in [-0.3, -0.25) is 9.48 Å². The molecule has 0 saturated heterocycles. The fourth-order valence-corrected chi connectivity index (χ4v) is 1.82. The van der Waals surface area contributed by atoms with E-state index in [2.05, 4.69) is 15.4 Å². The van der Waals surface area contributed by atoms with Gasteiger partial charge in [0.25, 0.3) is 0 Å². The maximum absolute atomic E-state index is 11.6. The normalized spacial score (nSPS) is 12.4. The molecule has 1 heterocycles. The molecule has 1 rings (SSSR count). The van der Waals surface area contributed by atoms with Crippen LogP contribution in [0.2, 0.25) is 0 Å². The average Bonchev–Trinajstić information content (AvgIpc) is 2.69. The van der Waals surface area contributed by atoms with Gasteiger partial charge < -0.3 is 5.32 Å². The lowest BCUT2D eigenvalue weighted by Gasteiger charge is -2.15. The van der Waals surface area contributed by atoms with Crippen molar-refractivity contribution in [3.05, 3.63) is 12.2 Å². The number of nitrogens with zero attached hydrogens (tertiary/aromatic N) is 3. The Kier molecular flexibility index (Phi) is 5.31. The Hall–Kier alpha value is -1.04. The minimum atomic E-state index is -0.0399. The van der Waals surface area contributed by atoms with E-state index in [4.69, 9.17) is 0 Å². The van der Waals surface area contributed by atoms with Crippen LogP contribution in [0.4, 0.5) is 0 Å². The van der Waals surface area contributed by atoms with Gasteiger partial charge in [0.05, 0.1) is 6.04 Å². The highest BCUT2D eigenvalue weighted by Gasteiger charge is 2.16. The Morgan fingerprint density at radius 3 is 2.94 bits per heavy atom. The minimum absolute atomic E-state index is 0.0399. The molecule has 16 heavy (non-hydrogen) atoms. The van der Waals surface area contributed by atoms with Crippen LogP contribution in [0.1, 0.15) is 31.6 Å². The number of hydrogen-bond acceptors (Lipinski definition) is 4. The highest BCUT2D eigenvalue weighted by Crippen LogP contribution is 2.12. The number of thioether (sulfide) groups is 1. The molecule has 1 aromatic heterocycles. The van der Waals surface area contributed by atoms with Gasteiger partial charge in [-0.25, -0.2) is 4.98 Å². The monoisotopic (exact) mass is 242 g/mol. The third-order valence-electron chi connectivity index (χ3n) is 2.33. The fraction of sp³-hybridized carbons (Fsp3) is 0.700. The van der Waals surface area contributed by atoms with Gasteiger partial charge in [0.2, 0.25) is 5.91 Å². The van der Waals surface area contributed by atoms with Crippen molar-refractivity contribution < 1.29 is 4.79 Å². The molecule has 0 unspecified atom stereocenters. The highest BCUT2D eigenvalue weighted by molar-refractivity contribution is 7.98. The molecular weight excluding hydrogens is 224 g/mol. The van der Waals surface area contributed by atoms with Crippen LogP contribution in [-0.4, -0.2) is 32.7 Å². The number of amides is 1. The second-order valence-electron chi connectivity index (χ2n) is 3.51. The Labute approximate surface area is 100 Å². The quantitative estimate of drug-likeness (QED) is 0.812. The van der Waals surface area contributed by atoms with Crippen LogP contribution in [0.3, 0.4) is 0 Å². The smallest absolute Gasteiger partial charge is 0.221 e. The van der Waals surface area contributed by atoms with Crippen molar-refractivity contribution in [3.8, 4) is 0 Å². The summed E-state index contributed by atoms with van der Waals surface area (Å²) in [5.74, 6) is 1.73. The molecule has 1 N–H and O–H groups in total. The summed E-state index contributed by atoms with van der Waals surface area (Å²) in [5.41, 5.74) is 0. The molecule has 0 saturated carbocycles. The number of rotatable bonds is 6. The molecule has 0 aliphatic carbocycles. The van der Waals surface area contributed by atoms with Crippen LogP contribution in [0.15, 0.2) is 6.33 Å². The van der Waals surface area contributed by atoms with Gasteiger partial charge in [0, 0.05) is 19.2 Å². The largest absolute Gasteiger partial charge is 0.346 e. The molecule has 5 nitrogen and oxygen atoms in total. The molecule has 1 atom stereocenters. The average molecular weight is 242 g/mol. The molecule has 0 fully saturated rings. The van der Waals surface area contributed by atoms with E-state index >= 15 is 0 Å². The van der Waals surface area contributed by atoms with Crippen molar-refractivity contribution in [1.82, 2.24) is 20.1 Å². The molecule has 0 aliphatic rings. The Bertz CT molecular complexity index is 339. The van der Waals surface area contributed by atoms with E-state index in [9.17, 15) is 4.79 Å². The summed E-state index contributed by atoms with van der Waals surface area (Å²) in [6, 6.07) is -0.0399. The third kappa shape index (κ3) is 3.52. The van der Waals surface area contributed by atoms with Gasteiger partial charge in [-0.05, 0) is 12.7 Å². The number of carbonyl (C=O) groups excluding carboxylic acids is 1. The van der Waals surface area contributed by atoms with Crippen molar-refractivity contribution >= 4 is 17.7 Å². The summed E-state index contributed by atoms with van der Waals surface area (Å²) < 4.78 is 1.70. The highest BCUT2D eigenvalue weighted by atomic mass is 32.2. The zero-order valence-electron chi connectivity index (χ0n) is 9.93. The summed E-state index contributed by atoms with van der Waals surface area (Å²) in [7, 11) is 1.83. The molecule has 6 heteroatoms. The molecular formula is C10H18N4OS. The predicted octanol–water partition coefficient (Wildman–Crippen LogP) is 1.14. The topological polar surface area (TPSA) is 59.8 Å². The van der Waals surface area contributed by atoms with E-state index in [1.165, 1.54) is 6.33 Å². The zero-order valence-corrected chi connectivity index (χ0v) is 10.8. The molecule has 0 radical (unpaired) electrons. The summed E-state index contributed by atoms with van der Waals surface area (Å²) in [6.45, 7) is 2.02. The van der Waals surface area contributed by atoms with Crippen molar-refractivity contribution in [2.75, 3.05) is 12.0 Å². The zero-order chi connectivity index (χ0) is 12.0. The predicted molar refractivity (Wildman–Crippen MR) is 65.2 cm³/mol. The van der Waals surface area contributed by atoms with Crippen LogP contribution < -0.4 is 5.32 Å². The maximum Gasteiger partial charge on any atom is 0.221 e. The van der Waals surface area contributed by atoms with Gasteiger partial charge in [-0.15, -0.1) is 0 Å². The first-order chi connectivity index (χ1) is 7.69. The summed E-state index contributed by atoms with van der Waals surface area (Å²) in [4.78, 5) is 15.7. The number of hydrogen-bond donors (Lipinski definition) is 1. The van der Waals surface area contributed by atoms with Crippen LogP contribution in [0, 0.1) is 0 Å². The first-order valence-corrected chi connectivity index (χ1v) is 6.70. The van der Waals surface area contributed by atoms with E-state index in [1.807, 2.05) is 20.2 Å². The van der Waals surface area contributed by atoms with Crippen molar-refractivity contribution in [2.24, 2.45) is 7.05 Å².